The molecule has 5 rings (SSSR count). The van der Waals surface area contributed by atoms with Crippen molar-refractivity contribution in [3.05, 3.63) is 132 Å². The largest absolute Gasteiger partial charge is 0.0614 e. The predicted octanol–water partition coefficient (Wildman–Crippen LogP) is 8.97. The van der Waals surface area contributed by atoms with Gasteiger partial charge in [0.05, 0.1) is 0 Å². The van der Waals surface area contributed by atoms with E-state index in [2.05, 4.69) is 135 Å². The fraction of sp³-hybridized carbons (Fsp3) is 0.0625. The van der Waals surface area contributed by atoms with Crippen LogP contribution in [0.1, 0.15) is 11.1 Å². The van der Waals surface area contributed by atoms with Gasteiger partial charge in [-0.15, -0.1) is 0 Å². The van der Waals surface area contributed by atoms with Gasteiger partial charge in [0, 0.05) is 0 Å². The molecule has 0 atom stereocenters. The summed E-state index contributed by atoms with van der Waals surface area (Å²) in [6.45, 7) is 4.27. The van der Waals surface area contributed by atoms with E-state index in [0.717, 1.165) is 0 Å². The number of hydrogen-bond donors (Lipinski definition) is 0. The smallest absolute Gasteiger partial charge is 0.0178 e. The van der Waals surface area contributed by atoms with Crippen LogP contribution in [0.5, 0.6) is 0 Å². The number of hydrogen-bond acceptors (Lipinski definition) is 0. The number of benzene rings is 5. The Hall–Kier alpha value is -3.90. The van der Waals surface area contributed by atoms with Gasteiger partial charge < -0.3 is 0 Å². The summed E-state index contributed by atoms with van der Waals surface area (Å²) in [6, 6.07) is 43.9. The van der Waals surface area contributed by atoms with Crippen LogP contribution in [-0.4, -0.2) is 0 Å². The standard InChI is InChI=1S/C32H26/c1-23-15-17-25(18-16-23)27-9-4-11-29(20-27)31-13-6-14-32(22-31)30-12-5-10-28(21-30)26-8-3-7-24(2)19-26/h3-22H,1-2H3. The zero-order valence-corrected chi connectivity index (χ0v) is 18.5. The Morgan fingerprint density at radius 1 is 0.281 bits per heavy atom. The molecule has 0 radical (unpaired) electrons. The Kier molecular flexibility index (Phi) is 5.44. The first-order valence-corrected chi connectivity index (χ1v) is 11.1. The number of rotatable bonds is 4. The molecule has 0 saturated heterocycles. The minimum absolute atomic E-state index is 1.23. The van der Waals surface area contributed by atoms with Crippen LogP contribution in [0, 0.1) is 13.8 Å². The molecule has 0 unspecified atom stereocenters. The van der Waals surface area contributed by atoms with Gasteiger partial charge in [-0.2, -0.15) is 0 Å². The van der Waals surface area contributed by atoms with Gasteiger partial charge in [0.15, 0.2) is 0 Å². The van der Waals surface area contributed by atoms with Crippen molar-refractivity contribution in [1.82, 2.24) is 0 Å². The van der Waals surface area contributed by atoms with E-state index in [1.165, 1.54) is 55.6 Å². The van der Waals surface area contributed by atoms with Crippen molar-refractivity contribution in [3.8, 4) is 44.5 Å². The van der Waals surface area contributed by atoms with Crippen LogP contribution in [0.15, 0.2) is 121 Å². The second kappa shape index (κ2) is 8.69. The van der Waals surface area contributed by atoms with E-state index < -0.39 is 0 Å². The summed E-state index contributed by atoms with van der Waals surface area (Å²) in [4.78, 5) is 0. The van der Waals surface area contributed by atoms with Crippen molar-refractivity contribution in [1.29, 1.82) is 0 Å². The van der Waals surface area contributed by atoms with E-state index in [1.807, 2.05) is 0 Å². The first-order chi connectivity index (χ1) is 15.7. The zero-order valence-electron chi connectivity index (χ0n) is 18.5. The lowest BCUT2D eigenvalue weighted by atomic mass is 9.94. The molecule has 0 bridgehead atoms. The van der Waals surface area contributed by atoms with E-state index in [0.29, 0.717) is 0 Å². The molecule has 5 aromatic rings. The fourth-order valence-electron chi connectivity index (χ4n) is 4.21. The van der Waals surface area contributed by atoms with Crippen molar-refractivity contribution in [2.45, 2.75) is 13.8 Å². The summed E-state index contributed by atoms with van der Waals surface area (Å²) >= 11 is 0. The second-order valence-corrected chi connectivity index (χ2v) is 8.48. The third kappa shape index (κ3) is 4.26. The fourth-order valence-corrected chi connectivity index (χ4v) is 4.21. The maximum absolute atomic E-state index is 2.30. The van der Waals surface area contributed by atoms with Crippen LogP contribution in [0.3, 0.4) is 0 Å². The highest BCUT2D eigenvalue weighted by molar-refractivity contribution is 5.79. The molecule has 5 aromatic carbocycles. The van der Waals surface area contributed by atoms with Gasteiger partial charge in [0.25, 0.3) is 0 Å². The van der Waals surface area contributed by atoms with Crippen molar-refractivity contribution >= 4 is 0 Å². The Morgan fingerprint density at radius 3 is 1.03 bits per heavy atom. The summed E-state index contributed by atoms with van der Waals surface area (Å²) in [5, 5.41) is 0. The van der Waals surface area contributed by atoms with E-state index in [1.54, 1.807) is 0 Å². The van der Waals surface area contributed by atoms with Crippen molar-refractivity contribution in [3.63, 3.8) is 0 Å². The highest BCUT2D eigenvalue weighted by Gasteiger charge is 2.06. The Balaban J connectivity index is 1.50. The molecule has 0 fully saturated rings. The summed E-state index contributed by atoms with van der Waals surface area (Å²) in [5.41, 5.74) is 12.5. The summed E-state index contributed by atoms with van der Waals surface area (Å²) < 4.78 is 0. The first-order valence-electron chi connectivity index (χ1n) is 11.1. The molecular weight excluding hydrogens is 384 g/mol. The molecule has 0 spiro atoms. The van der Waals surface area contributed by atoms with E-state index in [-0.39, 0.29) is 0 Å². The first kappa shape index (κ1) is 20.0. The maximum atomic E-state index is 2.30. The van der Waals surface area contributed by atoms with Gasteiger partial charge in [-0.3, -0.25) is 0 Å². The Labute approximate surface area is 190 Å². The molecule has 0 aromatic heterocycles. The molecule has 0 heteroatoms. The normalized spacial score (nSPS) is 10.8. The van der Waals surface area contributed by atoms with Crippen LogP contribution >= 0.6 is 0 Å². The van der Waals surface area contributed by atoms with Crippen molar-refractivity contribution in [2.24, 2.45) is 0 Å². The van der Waals surface area contributed by atoms with Crippen LogP contribution in [0.4, 0.5) is 0 Å². The van der Waals surface area contributed by atoms with Crippen LogP contribution in [0.25, 0.3) is 44.5 Å². The average Bonchev–Trinajstić information content (AvgIpc) is 2.85. The monoisotopic (exact) mass is 410 g/mol. The lowest BCUT2D eigenvalue weighted by molar-refractivity contribution is 1.46. The minimum atomic E-state index is 1.23. The molecule has 0 N–H and O–H groups in total. The third-order valence-electron chi connectivity index (χ3n) is 5.99. The Morgan fingerprint density at radius 2 is 0.625 bits per heavy atom. The lowest BCUT2D eigenvalue weighted by Crippen LogP contribution is -1.85. The highest BCUT2D eigenvalue weighted by atomic mass is 14.1. The third-order valence-corrected chi connectivity index (χ3v) is 5.99. The second-order valence-electron chi connectivity index (χ2n) is 8.48. The summed E-state index contributed by atoms with van der Waals surface area (Å²) in [7, 11) is 0. The van der Waals surface area contributed by atoms with Gasteiger partial charge in [-0.05, 0) is 76.6 Å². The zero-order chi connectivity index (χ0) is 21.9. The van der Waals surface area contributed by atoms with Gasteiger partial charge >= 0.3 is 0 Å². The molecule has 154 valence electrons. The highest BCUT2D eigenvalue weighted by Crippen LogP contribution is 2.31. The molecule has 0 saturated carbocycles. The molecule has 0 nitrogen and oxygen atoms in total. The van der Waals surface area contributed by atoms with Gasteiger partial charge in [0.2, 0.25) is 0 Å². The Bertz CT molecular complexity index is 1370. The lowest BCUT2D eigenvalue weighted by Gasteiger charge is -2.10. The molecule has 0 aliphatic carbocycles. The molecule has 0 amide bonds. The maximum Gasteiger partial charge on any atom is -0.0178 e. The van der Waals surface area contributed by atoms with Gasteiger partial charge in [0.1, 0.15) is 0 Å². The topological polar surface area (TPSA) is 0 Å². The predicted molar refractivity (Wildman–Crippen MR) is 138 cm³/mol. The SMILES string of the molecule is Cc1ccc(-c2cccc(-c3cccc(-c4cccc(-c5cccc(C)c5)c4)c3)c2)cc1. The molecule has 0 heterocycles. The van der Waals surface area contributed by atoms with Crippen molar-refractivity contribution in [2.75, 3.05) is 0 Å². The molecule has 0 aliphatic rings. The molecule has 0 aliphatic heterocycles. The average molecular weight is 411 g/mol. The minimum Gasteiger partial charge on any atom is -0.0614 e. The van der Waals surface area contributed by atoms with Crippen LogP contribution in [0.2, 0.25) is 0 Å². The quantitative estimate of drug-likeness (QED) is 0.277. The van der Waals surface area contributed by atoms with Crippen LogP contribution in [-0.2, 0) is 0 Å². The molecular formula is C32H26. The number of aryl methyl sites for hydroxylation is 2. The van der Waals surface area contributed by atoms with Crippen LogP contribution < -0.4 is 0 Å². The van der Waals surface area contributed by atoms with E-state index in [9.17, 15) is 0 Å². The van der Waals surface area contributed by atoms with Gasteiger partial charge in [-0.25, -0.2) is 0 Å². The van der Waals surface area contributed by atoms with Crippen molar-refractivity contribution < 1.29 is 0 Å². The molecule has 32 heavy (non-hydrogen) atoms. The summed E-state index contributed by atoms with van der Waals surface area (Å²) in [5.74, 6) is 0. The summed E-state index contributed by atoms with van der Waals surface area (Å²) in [6.07, 6.45) is 0. The van der Waals surface area contributed by atoms with E-state index in [4.69, 9.17) is 0 Å². The van der Waals surface area contributed by atoms with Gasteiger partial charge in [-0.1, -0.05) is 114 Å². The van der Waals surface area contributed by atoms with E-state index >= 15 is 0 Å².